The number of aliphatic carboxylic acids is 1. The SMILES string of the molecule is CC(C)C1CC[C@@H](C)CC1C(=O)C(=O)O. The minimum atomic E-state index is -1.26. The summed E-state index contributed by atoms with van der Waals surface area (Å²) in [6.45, 7) is 6.24. The Hall–Kier alpha value is -0.860. The Labute approximate surface area is 90.9 Å². The molecular weight excluding hydrogens is 192 g/mol. The maximum atomic E-state index is 11.6. The summed E-state index contributed by atoms with van der Waals surface area (Å²) in [7, 11) is 0. The maximum Gasteiger partial charge on any atom is 0.372 e. The van der Waals surface area contributed by atoms with Crippen LogP contribution < -0.4 is 0 Å². The Bertz CT molecular complexity index is 258. The lowest BCUT2D eigenvalue weighted by Crippen LogP contribution is -2.36. The number of hydrogen-bond donors (Lipinski definition) is 1. The Morgan fingerprint density at radius 2 is 1.87 bits per heavy atom. The fourth-order valence-electron chi connectivity index (χ4n) is 2.66. The van der Waals surface area contributed by atoms with Gasteiger partial charge in [-0.15, -0.1) is 0 Å². The van der Waals surface area contributed by atoms with Crippen LogP contribution in [0.1, 0.15) is 40.0 Å². The van der Waals surface area contributed by atoms with E-state index < -0.39 is 11.8 Å². The van der Waals surface area contributed by atoms with Crippen LogP contribution in [0.2, 0.25) is 0 Å². The van der Waals surface area contributed by atoms with E-state index >= 15 is 0 Å². The molecule has 15 heavy (non-hydrogen) atoms. The van der Waals surface area contributed by atoms with Gasteiger partial charge in [0.2, 0.25) is 5.78 Å². The highest BCUT2D eigenvalue weighted by molar-refractivity contribution is 6.33. The predicted octanol–water partition coefficient (Wildman–Crippen LogP) is 2.35. The first-order chi connectivity index (χ1) is 6.93. The van der Waals surface area contributed by atoms with Crippen LogP contribution in [-0.4, -0.2) is 16.9 Å². The zero-order valence-corrected chi connectivity index (χ0v) is 9.69. The first kappa shape index (κ1) is 12.2. The van der Waals surface area contributed by atoms with E-state index in [1.165, 1.54) is 0 Å². The van der Waals surface area contributed by atoms with Gasteiger partial charge in [0.05, 0.1) is 0 Å². The van der Waals surface area contributed by atoms with Crippen molar-refractivity contribution in [2.75, 3.05) is 0 Å². The molecule has 0 radical (unpaired) electrons. The molecule has 2 unspecified atom stereocenters. The lowest BCUT2D eigenvalue weighted by atomic mass is 9.68. The summed E-state index contributed by atoms with van der Waals surface area (Å²) in [6.07, 6.45) is 2.85. The number of carbonyl (C=O) groups is 2. The van der Waals surface area contributed by atoms with Gasteiger partial charge in [-0.25, -0.2) is 4.79 Å². The standard InChI is InChI=1S/C12H20O3/c1-7(2)9-5-4-8(3)6-10(9)11(13)12(14)15/h7-10H,4-6H2,1-3H3,(H,14,15)/t8-,9?,10?/m1/s1. The van der Waals surface area contributed by atoms with Gasteiger partial charge in [-0.05, 0) is 30.6 Å². The highest BCUT2D eigenvalue weighted by Crippen LogP contribution is 2.38. The monoisotopic (exact) mass is 212 g/mol. The molecule has 1 aliphatic rings. The quantitative estimate of drug-likeness (QED) is 0.730. The van der Waals surface area contributed by atoms with E-state index in [1.807, 2.05) is 0 Å². The summed E-state index contributed by atoms with van der Waals surface area (Å²) in [5.74, 6) is -0.977. The molecule has 0 aromatic carbocycles. The molecule has 0 spiro atoms. The average Bonchev–Trinajstić information content (AvgIpc) is 2.15. The molecule has 3 heteroatoms. The number of hydrogen-bond acceptors (Lipinski definition) is 2. The molecule has 1 fully saturated rings. The molecular formula is C12H20O3. The van der Waals surface area contributed by atoms with E-state index in [4.69, 9.17) is 5.11 Å². The highest BCUT2D eigenvalue weighted by Gasteiger charge is 2.37. The first-order valence-electron chi connectivity index (χ1n) is 5.70. The fraction of sp³-hybridized carbons (Fsp3) is 0.833. The van der Waals surface area contributed by atoms with Crippen LogP contribution in [-0.2, 0) is 9.59 Å². The lowest BCUT2D eigenvalue weighted by Gasteiger charge is -2.35. The Morgan fingerprint density at radius 3 is 2.33 bits per heavy atom. The molecule has 1 saturated carbocycles. The topological polar surface area (TPSA) is 54.4 Å². The normalized spacial score (nSPS) is 31.6. The van der Waals surface area contributed by atoms with Crippen molar-refractivity contribution >= 4 is 11.8 Å². The summed E-state index contributed by atoms with van der Waals surface area (Å²) in [5.41, 5.74) is 0. The average molecular weight is 212 g/mol. The molecule has 0 aromatic rings. The van der Waals surface area contributed by atoms with Crippen LogP contribution in [0.25, 0.3) is 0 Å². The van der Waals surface area contributed by atoms with Gasteiger partial charge >= 0.3 is 5.97 Å². The molecule has 3 atom stereocenters. The molecule has 1 aliphatic carbocycles. The number of rotatable bonds is 3. The van der Waals surface area contributed by atoms with Gasteiger partial charge in [-0.2, -0.15) is 0 Å². The molecule has 0 saturated heterocycles. The summed E-state index contributed by atoms with van der Waals surface area (Å²) < 4.78 is 0. The summed E-state index contributed by atoms with van der Waals surface area (Å²) in [5, 5.41) is 8.77. The number of carboxylic acid groups (broad SMARTS) is 1. The molecule has 86 valence electrons. The smallest absolute Gasteiger partial charge is 0.372 e. The second-order valence-corrected chi connectivity index (χ2v) is 5.10. The van der Waals surface area contributed by atoms with E-state index in [1.54, 1.807) is 0 Å². The fourth-order valence-corrected chi connectivity index (χ4v) is 2.66. The van der Waals surface area contributed by atoms with Crippen molar-refractivity contribution in [1.82, 2.24) is 0 Å². The van der Waals surface area contributed by atoms with Gasteiger partial charge in [-0.3, -0.25) is 4.79 Å². The zero-order valence-electron chi connectivity index (χ0n) is 9.69. The summed E-state index contributed by atoms with van der Waals surface area (Å²) in [4.78, 5) is 22.3. The van der Waals surface area contributed by atoms with Crippen molar-refractivity contribution in [3.8, 4) is 0 Å². The molecule has 1 rings (SSSR count). The van der Waals surface area contributed by atoms with E-state index in [0.717, 1.165) is 19.3 Å². The van der Waals surface area contributed by atoms with E-state index in [0.29, 0.717) is 11.8 Å². The second kappa shape index (κ2) is 4.77. The largest absolute Gasteiger partial charge is 0.475 e. The van der Waals surface area contributed by atoms with E-state index in [2.05, 4.69) is 20.8 Å². The van der Waals surface area contributed by atoms with Crippen molar-refractivity contribution in [3.05, 3.63) is 0 Å². The summed E-state index contributed by atoms with van der Waals surface area (Å²) >= 11 is 0. The maximum absolute atomic E-state index is 11.6. The molecule has 1 N–H and O–H groups in total. The number of carboxylic acids is 1. The Morgan fingerprint density at radius 1 is 1.27 bits per heavy atom. The highest BCUT2D eigenvalue weighted by atomic mass is 16.4. The van der Waals surface area contributed by atoms with Gasteiger partial charge in [-0.1, -0.05) is 27.2 Å². The third-order valence-corrected chi connectivity index (χ3v) is 3.57. The van der Waals surface area contributed by atoms with Crippen LogP contribution in [0.3, 0.4) is 0 Å². The molecule has 0 heterocycles. The van der Waals surface area contributed by atoms with Gasteiger partial charge in [0.25, 0.3) is 0 Å². The van der Waals surface area contributed by atoms with Gasteiger partial charge < -0.3 is 5.11 Å². The number of ketones is 1. The zero-order chi connectivity index (χ0) is 11.6. The van der Waals surface area contributed by atoms with Crippen molar-refractivity contribution < 1.29 is 14.7 Å². The molecule has 3 nitrogen and oxygen atoms in total. The van der Waals surface area contributed by atoms with Crippen LogP contribution in [0.4, 0.5) is 0 Å². The van der Waals surface area contributed by atoms with Crippen molar-refractivity contribution in [2.45, 2.75) is 40.0 Å². The second-order valence-electron chi connectivity index (χ2n) is 5.10. The van der Waals surface area contributed by atoms with E-state index in [9.17, 15) is 9.59 Å². The van der Waals surface area contributed by atoms with Crippen molar-refractivity contribution in [3.63, 3.8) is 0 Å². The predicted molar refractivity (Wildman–Crippen MR) is 57.5 cm³/mol. The molecule has 0 aliphatic heterocycles. The Kier molecular flexibility index (Phi) is 3.89. The molecule has 0 bridgehead atoms. The molecule has 0 amide bonds. The summed E-state index contributed by atoms with van der Waals surface area (Å²) in [6, 6.07) is 0. The van der Waals surface area contributed by atoms with Crippen molar-refractivity contribution in [2.24, 2.45) is 23.7 Å². The van der Waals surface area contributed by atoms with Gasteiger partial charge in [0.1, 0.15) is 0 Å². The number of Topliss-reactive ketones (excluding diaryl/α,β-unsaturated/α-hetero) is 1. The number of carbonyl (C=O) groups excluding carboxylic acids is 1. The minimum absolute atomic E-state index is 0.254. The van der Waals surface area contributed by atoms with Crippen LogP contribution in [0.5, 0.6) is 0 Å². The Balaban J connectivity index is 2.79. The third kappa shape index (κ3) is 2.80. The van der Waals surface area contributed by atoms with Gasteiger partial charge in [0.15, 0.2) is 0 Å². The van der Waals surface area contributed by atoms with Crippen molar-refractivity contribution in [1.29, 1.82) is 0 Å². The first-order valence-corrected chi connectivity index (χ1v) is 5.70. The van der Waals surface area contributed by atoms with Crippen LogP contribution >= 0.6 is 0 Å². The minimum Gasteiger partial charge on any atom is -0.475 e. The van der Waals surface area contributed by atoms with Crippen LogP contribution in [0, 0.1) is 23.7 Å². The van der Waals surface area contributed by atoms with E-state index in [-0.39, 0.29) is 11.8 Å². The lowest BCUT2D eigenvalue weighted by molar-refractivity contribution is -0.153. The molecule has 0 aromatic heterocycles. The third-order valence-electron chi connectivity index (χ3n) is 3.57. The van der Waals surface area contributed by atoms with Gasteiger partial charge in [0, 0.05) is 5.92 Å². The van der Waals surface area contributed by atoms with Crippen LogP contribution in [0.15, 0.2) is 0 Å².